The second-order valence-electron chi connectivity index (χ2n) is 4.45. The van der Waals surface area contributed by atoms with Crippen LogP contribution in [0, 0.1) is 13.8 Å². The molecule has 1 aliphatic rings. The third-order valence-corrected chi connectivity index (χ3v) is 5.64. The van der Waals surface area contributed by atoms with Gasteiger partial charge in [-0.2, -0.15) is 0 Å². The van der Waals surface area contributed by atoms with E-state index in [0.717, 1.165) is 17.1 Å². The highest BCUT2D eigenvalue weighted by molar-refractivity contribution is 8.23. The van der Waals surface area contributed by atoms with Gasteiger partial charge in [0.05, 0.1) is 4.24 Å². The van der Waals surface area contributed by atoms with Crippen LogP contribution in [0.25, 0.3) is 0 Å². The number of hydrogen-bond acceptors (Lipinski definition) is 6. The van der Waals surface area contributed by atoms with Gasteiger partial charge >= 0.3 is 0 Å². The summed E-state index contributed by atoms with van der Waals surface area (Å²) >= 11 is 3.62. The Balaban J connectivity index is 2.16. The molecule has 0 bridgehead atoms. The SMILES string of the molecule is CCOCN(SC1=C(C)CCS1)c1noc(C)c1C. The summed E-state index contributed by atoms with van der Waals surface area (Å²) < 4.78 is 14.3. The molecule has 0 aromatic carbocycles. The number of nitrogens with zero attached hydrogens (tertiary/aromatic N) is 2. The fraction of sp³-hybridized carbons (Fsp3) is 0.615. The first-order valence-electron chi connectivity index (χ1n) is 6.42. The highest BCUT2D eigenvalue weighted by atomic mass is 32.2. The van der Waals surface area contributed by atoms with E-state index in [9.17, 15) is 0 Å². The van der Waals surface area contributed by atoms with Crippen molar-refractivity contribution in [2.75, 3.05) is 23.4 Å². The maximum absolute atomic E-state index is 5.55. The average molecular weight is 300 g/mol. The van der Waals surface area contributed by atoms with E-state index in [1.165, 1.54) is 22.0 Å². The van der Waals surface area contributed by atoms with E-state index in [0.29, 0.717) is 13.3 Å². The molecule has 0 saturated heterocycles. The maximum Gasteiger partial charge on any atom is 0.187 e. The van der Waals surface area contributed by atoms with Gasteiger partial charge in [0.1, 0.15) is 12.5 Å². The van der Waals surface area contributed by atoms with E-state index < -0.39 is 0 Å². The van der Waals surface area contributed by atoms with Crippen LogP contribution in [-0.2, 0) is 4.74 Å². The van der Waals surface area contributed by atoms with Crippen LogP contribution in [0.1, 0.15) is 31.6 Å². The van der Waals surface area contributed by atoms with E-state index in [-0.39, 0.29) is 0 Å². The van der Waals surface area contributed by atoms with Gasteiger partial charge in [0.2, 0.25) is 0 Å². The second kappa shape index (κ2) is 6.72. The molecular weight excluding hydrogens is 280 g/mol. The molecule has 0 aliphatic carbocycles. The first-order chi connectivity index (χ1) is 9.13. The molecule has 0 spiro atoms. The number of anilines is 1. The van der Waals surface area contributed by atoms with Crippen molar-refractivity contribution in [3.63, 3.8) is 0 Å². The summed E-state index contributed by atoms with van der Waals surface area (Å²) in [5.41, 5.74) is 2.53. The zero-order valence-corrected chi connectivity index (χ0v) is 13.5. The Hall–Kier alpha value is -0.590. The van der Waals surface area contributed by atoms with Crippen LogP contribution < -0.4 is 4.31 Å². The van der Waals surface area contributed by atoms with Gasteiger partial charge in [-0.15, -0.1) is 11.8 Å². The molecule has 0 N–H and O–H groups in total. The van der Waals surface area contributed by atoms with Crippen LogP contribution in [0.4, 0.5) is 5.82 Å². The number of hydrogen-bond donors (Lipinski definition) is 0. The Kier molecular flexibility index (Phi) is 5.24. The van der Waals surface area contributed by atoms with Crippen molar-refractivity contribution in [2.24, 2.45) is 0 Å². The second-order valence-corrected chi connectivity index (χ2v) is 6.84. The molecule has 19 heavy (non-hydrogen) atoms. The van der Waals surface area contributed by atoms with Gasteiger partial charge < -0.3 is 9.26 Å². The smallest absolute Gasteiger partial charge is 0.187 e. The Morgan fingerprint density at radius 2 is 2.21 bits per heavy atom. The van der Waals surface area contributed by atoms with Gasteiger partial charge in [0.15, 0.2) is 5.82 Å². The minimum atomic E-state index is 0.519. The molecule has 0 saturated carbocycles. The van der Waals surface area contributed by atoms with Crippen molar-refractivity contribution < 1.29 is 9.26 Å². The minimum Gasteiger partial charge on any atom is -0.360 e. The summed E-state index contributed by atoms with van der Waals surface area (Å²) in [6, 6.07) is 0. The average Bonchev–Trinajstić information content (AvgIpc) is 2.94. The van der Waals surface area contributed by atoms with Crippen molar-refractivity contribution in [1.82, 2.24) is 5.16 Å². The highest BCUT2D eigenvalue weighted by Gasteiger charge is 2.21. The number of rotatable bonds is 6. The van der Waals surface area contributed by atoms with Gasteiger partial charge in [-0.25, -0.2) is 0 Å². The quantitative estimate of drug-likeness (QED) is 0.581. The molecular formula is C13H20N2O2S2. The monoisotopic (exact) mass is 300 g/mol. The number of thioether (sulfide) groups is 1. The summed E-state index contributed by atoms with van der Waals surface area (Å²) in [4.78, 5) is 0. The van der Waals surface area contributed by atoms with Crippen molar-refractivity contribution in [1.29, 1.82) is 0 Å². The number of ether oxygens (including phenoxy) is 1. The normalized spacial score (nSPS) is 15.4. The number of aromatic nitrogens is 1. The lowest BCUT2D eigenvalue weighted by Crippen LogP contribution is -2.19. The van der Waals surface area contributed by atoms with Gasteiger partial charge in [0, 0.05) is 17.9 Å². The number of aryl methyl sites for hydroxylation is 1. The first-order valence-corrected chi connectivity index (χ1v) is 8.18. The molecule has 6 heteroatoms. The lowest BCUT2D eigenvalue weighted by atomic mass is 10.3. The standard InChI is InChI=1S/C13H20N2O2S2/c1-5-16-8-15(12-10(3)11(4)17-14-12)19-13-9(2)6-7-18-13/h5-8H2,1-4H3. The predicted octanol–water partition coefficient (Wildman–Crippen LogP) is 4.11. The molecule has 2 rings (SSSR count). The third-order valence-electron chi connectivity index (χ3n) is 3.03. The topological polar surface area (TPSA) is 38.5 Å². The molecule has 0 atom stereocenters. The lowest BCUT2D eigenvalue weighted by molar-refractivity contribution is 0.158. The fourth-order valence-corrected chi connectivity index (χ4v) is 4.18. The van der Waals surface area contributed by atoms with E-state index >= 15 is 0 Å². The van der Waals surface area contributed by atoms with Gasteiger partial charge in [-0.3, -0.25) is 4.31 Å². The Morgan fingerprint density at radius 1 is 1.42 bits per heavy atom. The fourth-order valence-electron chi connectivity index (χ4n) is 1.67. The number of allylic oxidation sites excluding steroid dienone is 1. The summed E-state index contributed by atoms with van der Waals surface area (Å²) in [7, 11) is 0. The van der Waals surface area contributed by atoms with E-state index in [4.69, 9.17) is 9.26 Å². The summed E-state index contributed by atoms with van der Waals surface area (Å²) in [6.45, 7) is 9.37. The Labute approximate surface area is 123 Å². The van der Waals surface area contributed by atoms with Crippen molar-refractivity contribution in [3.8, 4) is 0 Å². The van der Waals surface area contributed by atoms with Crippen LogP contribution in [0.2, 0.25) is 0 Å². The highest BCUT2D eigenvalue weighted by Crippen LogP contribution is 2.42. The Bertz CT molecular complexity index is 471. The first kappa shape index (κ1) is 14.8. The van der Waals surface area contributed by atoms with Crippen LogP contribution in [0.15, 0.2) is 14.3 Å². The Morgan fingerprint density at radius 3 is 2.74 bits per heavy atom. The maximum atomic E-state index is 5.55. The van der Waals surface area contributed by atoms with Crippen LogP contribution in [-0.4, -0.2) is 24.2 Å². The molecule has 0 radical (unpaired) electrons. The van der Waals surface area contributed by atoms with Crippen molar-refractivity contribution in [2.45, 2.75) is 34.1 Å². The zero-order chi connectivity index (χ0) is 13.8. The van der Waals surface area contributed by atoms with E-state index in [2.05, 4.69) is 16.4 Å². The van der Waals surface area contributed by atoms with Gasteiger partial charge in [-0.05, 0) is 46.1 Å². The molecule has 1 aromatic heterocycles. The summed E-state index contributed by atoms with van der Waals surface area (Å²) in [6.07, 6.45) is 1.17. The van der Waals surface area contributed by atoms with Crippen LogP contribution >= 0.6 is 23.7 Å². The zero-order valence-electron chi connectivity index (χ0n) is 11.9. The predicted molar refractivity (Wildman–Crippen MR) is 82.3 cm³/mol. The van der Waals surface area contributed by atoms with Crippen molar-refractivity contribution in [3.05, 3.63) is 21.1 Å². The largest absolute Gasteiger partial charge is 0.360 e. The molecule has 0 fully saturated rings. The van der Waals surface area contributed by atoms with Gasteiger partial charge in [0.25, 0.3) is 0 Å². The van der Waals surface area contributed by atoms with Gasteiger partial charge in [-0.1, -0.05) is 10.7 Å². The molecule has 0 unspecified atom stereocenters. The molecule has 2 heterocycles. The molecule has 106 valence electrons. The van der Waals surface area contributed by atoms with E-state index in [1.807, 2.05) is 32.5 Å². The molecule has 1 aliphatic heterocycles. The lowest BCUT2D eigenvalue weighted by Gasteiger charge is -2.21. The summed E-state index contributed by atoms with van der Waals surface area (Å²) in [5.74, 6) is 2.90. The molecule has 4 nitrogen and oxygen atoms in total. The molecule has 1 aromatic rings. The van der Waals surface area contributed by atoms with Crippen LogP contribution in [0.5, 0.6) is 0 Å². The third kappa shape index (κ3) is 3.49. The van der Waals surface area contributed by atoms with E-state index in [1.54, 1.807) is 11.9 Å². The molecule has 0 amide bonds. The minimum absolute atomic E-state index is 0.519. The van der Waals surface area contributed by atoms with Crippen LogP contribution in [0.3, 0.4) is 0 Å². The summed E-state index contributed by atoms with van der Waals surface area (Å²) in [5, 5.41) is 4.15. The van der Waals surface area contributed by atoms with Crippen molar-refractivity contribution >= 4 is 29.5 Å².